The Kier molecular flexibility index (Phi) is 3.92. The van der Waals surface area contributed by atoms with Gasteiger partial charge in [-0.05, 0) is 44.0 Å². The summed E-state index contributed by atoms with van der Waals surface area (Å²) in [5.41, 5.74) is 0.753. The van der Waals surface area contributed by atoms with Crippen LogP contribution in [0.3, 0.4) is 0 Å². The van der Waals surface area contributed by atoms with Crippen LogP contribution in [0.25, 0.3) is 0 Å². The second kappa shape index (κ2) is 5.73. The van der Waals surface area contributed by atoms with E-state index in [2.05, 4.69) is 5.16 Å². The van der Waals surface area contributed by atoms with Gasteiger partial charge in [0.15, 0.2) is 5.76 Å². The minimum Gasteiger partial charge on any atom is -0.497 e. The predicted molar refractivity (Wildman–Crippen MR) is 80.1 cm³/mol. The molecular weight excluding hydrogens is 304 g/mol. The van der Waals surface area contributed by atoms with Crippen molar-refractivity contribution >= 4 is 10.0 Å². The fraction of sp³-hybridized carbons (Fsp3) is 0.400. The highest BCUT2D eigenvalue weighted by molar-refractivity contribution is 7.89. The summed E-state index contributed by atoms with van der Waals surface area (Å²) in [6.07, 6.45) is 1.55. The minimum atomic E-state index is -3.56. The zero-order valence-electron chi connectivity index (χ0n) is 12.5. The number of sulfonamides is 1. The number of aromatic nitrogens is 1. The molecule has 0 bridgehead atoms. The minimum absolute atomic E-state index is 0.261. The van der Waals surface area contributed by atoms with E-state index in [9.17, 15) is 8.42 Å². The van der Waals surface area contributed by atoms with Gasteiger partial charge in [-0.15, -0.1) is 0 Å². The molecule has 1 aliphatic heterocycles. The van der Waals surface area contributed by atoms with Crippen LogP contribution in [0.2, 0.25) is 0 Å². The number of nitrogens with zero attached hydrogens (tertiary/aromatic N) is 2. The van der Waals surface area contributed by atoms with Crippen molar-refractivity contribution in [3.8, 4) is 5.75 Å². The second-order valence-corrected chi connectivity index (χ2v) is 7.21. The van der Waals surface area contributed by atoms with Gasteiger partial charge in [0.2, 0.25) is 10.0 Å². The maximum atomic E-state index is 12.8. The van der Waals surface area contributed by atoms with Crippen LogP contribution in [-0.4, -0.2) is 31.5 Å². The van der Waals surface area contributed by atoms with E-state index in [1.54, 1.807) is 37.4 Å². The third-order valence-corrected chi connectivity index (χ3v) is 5.77. The van der Waals surface area contributed by atoms with Crippen LogP contribution in [0, 0.1) is 6.92 Å². The fourth-order valence-electron chi connectivity index (χ4n) is 2.74. The van der Waals surface area contributed by atoms with E-state index in [1.807, 2.05) is 6.92 Å². The van der Waals surface area contributed by atoms with Crippen molar-refractivity contribution in [3.63, 3.8) is 0 Å². The molecule has 3 rings (SSSR count). The summed E-state index contributed by atoms with van der Waals surface area (Å²) < 4.78 is 37.5. The number of hydrogen-bond acceptors (Lipinski definition) is 5. The van der Waals surface area contributed by atoms with Gasteiger partial charge < -0.3 is 9.26 Å². The van der Waals surface area contributed by atoms with Crippen molar-refractivity contribution < 1.29 is 17.7 Å². The van der Waals surface area contributed by atoms with Gasteiger partial charge in [-0.2, -0.15) is 4.31 Å². The Bertz CT molecular complexity index is 752. The van der Waals surface area contributed by atoms with Gasteiger partial charge in [-0.3, -0.25) is 0 Å². The fourth-order valence-corrected chi connectivity index (χ4v) is 4.40. The third-order valence-electron chi connectivity index (χ3n) is 3.84. The molecule has 118 valence electrons. The van der Waals surface area contributed by atoms with Gasteiger partial charge >= 0.3 is 0 Å². The first-order valence-corrected chi connectivity index (χ1v) is 8.55. The molecule has 1 saturated heterocycles. The SMILES string of the molecule is COc1ccc(S(=O)(=O)N2CCC[C@H]2c2cc(C)no2)cc1. The normalized spacial score (nSPS) is 19.5. The Balaban J connectivity index is 1.93. The van der Waals surface area contributed by atoms with E-state index >= 15 is 0 Å². The first kappa shape index (κ1) is 15.1. The average Bonchev–Trinajstić information content (AvgIpc) is 3.16. The molecule has 0 saturated carbocycles. The molecule has 1 fully saturated rings. The maximum absolute atomic E-state index is 12.8. The van der Waals surface area contributed by atoms with Crippen LogP contribution < -0.4 is 4.74 Å². The summed E-state index contributed by atoms with van der Waals surface area (Å²) in [6, 6.07) is 7.94. The number of rotatable bonds is 4. The van der Waals surface area contributed by atoms with E-state index in [-0.39, 0.29) is 10.9 Å². The Labute approximate surface area is 129 Å². The molecule has 1 atom stereocenters. The standard InChI is InChI=1S/C15H18N2O4S/c1-11-10-15(21-16-11)14-4-3-9-17(14)22(18,19)13-7-5-12(20-2)6-8-13/h5-8,10,14H,3-4,9H2,1-2H3/t14-/m0/s1. The Hall–Kier alpha value is -1.86. The van der Waals surface area contributed by atoms with Crippen LogP contribution in [-0.2, 0) is 10.0 Å². The lowest BCUT2D eigenvalue weighted by molar-refractivity contribution is 0.297. The molecule has 0 N–H and O–H groups in total. The Morgan fingerprint density at radius 1 is 1.32 bits per heavy atom. The van der Waals surface area contributed by atoms with Crippen molar-refractivity contribution in [2.75, 3.05) is 13.7 Å². The zero-order valence-corrected chi connectivity index (χ0v) is 13.3. The first-order valence-electron chi connectivity index (χ1n) is 7.11. The van der Waals surface area contributed by atoms with E-state index in [0.717, 1.165) is 18.5 Å². The molecule has 0 unspecified atom stereocenters. The molecule has 0 amide bonds. The molecule has 0 spiro atoms. The molecule has 2 aromatic rings. The number of aryl methyl sites for hydroxylation is 1. The summed E-state index contributed by atoms with van der Waals surface area (Å²) in [7, 11) is -2.01. The van der Waals surface area contributed by atoms with Gasteiger partial charge in [-0.25, -0.2) is 8.42 Å². The highest BCUT2D eigenvalue weighted by Gasteiger charge is 2.38. The van der Waals surface area contributed by atoms with Crippen molar-refractivity contribution in [1.82, 2.24) is 9.46 Å². The van der Waals surface area contributed by atoms with Crippen LogP contribution >= 0.6 is 0 Å². The summed E-state index contributed by atoms with van der Waals surface area (Å²) in [5, 5.41) is 3.86. The Morgan fingerprint density at radius 2 is 2.05 bits per heavy atom. The molecule has 0 radical (unpaired) electrons. The molecule has 6 nitrogen and oxygen atoms in total. The van der Waals surface area contributed by atoms with Crippen molar-refractivity contribution in [2.24, 2.45) is 0 Å². The zero-order chi connectivity index (χ0) is 15.7. The highest BCUT2D eigenvalue weighted by Crippen LogP contribution is 2.36. The number of ether oxygens (including phenoxy) is 1. The van der Waals surface area contributed by atoms with E-state index in [4.69, 9.17) is 9.26 Å². The lowest BCUT2D eigenvalue weighted by Crippen LogP contribution is -2.30. The van der Waals surface area contributed by atoms with Gasteiger partial charge in [-0.1, -0.05) is 5.16 Å². The predicted octanol–water partition coefficient (Wildman–Crippen LogP) is 2.52. The number of methoxy groups -OCH3 is 1. The van der Waals surface area contributed by atoms with Gasteiger partial charge in [0.05, 0.1) is 23.7 Å². The summed E-state index contributed by atoms with van der Waals surface area (Å²) >= 11 is 0. The second-order valence-electron chi connectivity index (χ2n) is 5.32. The lowest BCUT2D eigenvalue weighted by Gasteiger charge is -2.22. The largest absolute Gasteiger partial charge is 0.497 e. The summed E-state index contributed by atoms with van der Waals surface area (Å²) in [5.74, 6) is 1.23. The highest BCUT2D eigenvalue weighted by atomic mass is 32.2. The molecule has 1 aromatic carbocycles. The first-order chi connectivity index (χ1) is 10.5. The van der Waals surface area contributed by atoms with Gasteiger partial charge in [0.1, 0.15) is 5.75 Å². The van der Waals surface area contributed by atoms with Crippen molar-refractivity contribution in [1.29, 1.82) is 0 Å². The topological polar surface area (TPSA) is 72.6 Å². The smallest absolute Gasteiger partial charge is 0.243 e. The maximum Gasteiger partial charge on any atom is 0.243 e. The number of benzene rings is 1. The molecule has 1 aliphatic rings. The molecule has 2 heterocycles. The van der Waals surface area contributed by atoms with Crippen LogP contribution in [0.1, 0.15) is 30.3 Å². The lowest BCUT2D eigenvalue weighted by atomic mass is 10.2. The molecular formula is C15H18N2O4S. The van der Waals surface area contributed by atoms with E-state index < -0.39 is 10.0 Å². The van der Waals surface area contributed by atoms with Crippen LogP contribution in [0.15, 0.2) is 39.8 Å². The molecule has 7 heteroatoms. The molecule has 22 heavy (non-hydrogen) atoms. The number of hydrogen-bond donors (Lipinski definition) is 0. The Morgan fingerprint density at radius 3 is 2.64 bits per heavy atom. The average molecular weight is 322 g/mol. The van der Waals surface area contributed by atoms with Gasteiger partial charge in [0, 0.05) is 12.6 Å². The van der Waals surface area contributed by atoms with Crippen LogP contribution in [0.4, 0.5) is 0 Å². The monoisotopic (exact) mass is 322 g/mol. The van der Waals surface area contributed by atoms with Crippen molar-refractivity contribution in [3.05, 3.63) is 41.8 Å². The van der Waals surface area contributed by atoms with E-state index in [1.165, 1.54) is 4.31 Å². The quantitative estimate of drug-likeness (QED) is 0.865. The summed E-state index contributed by atoms with van der Waals surface area (Å²) in [6.45, 7) is 2.31. The summed E-state index contributed by atoms with van der Waals surface area (Å²) in [4.78, 5) is 0.261. The molecule has 0 aliphatic carbocycles. The molecule has 1 aromatic heterocycles. The third kappa shape index (κ3) is 2.62. The van der Waals surface area contributed by atoms with Gasteiger partial charge in [0.25, 0.3) is 0 Å². The van der Waals surface area contributed by atoms with Crippen molar-refractivity contribution in [2.45, 2.75) is 30.7 Å². The van der Waals surface area contributed by atoms with Crippen LogP contribution in [0.5, 0.6) is 5.75 Å². The van der Waals surface area contributed by atoms with E-state index in [0.29, 0.717) is 18.1 Å².